The zero-order valence-electron chi connectivity index (χ0n) is 19.2. The van der Waals surface area contributed by atoms with Crippen molar-refractivity contribution in [2.75, 3.05) is 26.7 Å². The molecule has 0 saturated carbocycles. The highest BCUT2D eigenvalue weighted by atomic mass is 35.5. The number of halogens is 1. The minimum Gasteiger partial charge on any atom is -0.491 e. The van der Waals surface area contributed by atoms with Gasteiger partial charge in [-0.2, -0.15) is 0 Å². The summed E-state index contributed by atoms with van der Waals surface area (Å²) in [6, 6.07) is 14.3. The number of hydrogen-bond acceptors (Lipinski definition) is 3. The zero-order chi connectivity index (χ0) is 23.1. The van der Waals surface area contributed by atoms with Crippen molar-refractivity contribution in [2.24, 2.45) is 5.92 Å². The maximum Gasteiger partial charge on any atom is 0.257 e. The third-order valence-electron chi connectivity index (χ3n) is 5.82. The van der Waals surface area contributed by atoms with Crippen LogP contribution in [0.3, 0.4) is 0 Å². The van der Waals surface area contributed by atoms with Gasteiger partial charge in [0, 0.05) is 30.7 Å². The van der Waals surface area contributed by atoms with Crippen LogP contribution >= 0.6 is 11.6 Å². The SMILES string of the molecule is CC(C)C[C@H]1COc2ccccc2C(=O)N(C)CCCCCN1C(=O)c1ccc(Cl)cc1. The average molecular weight is 457 g/mol. The molecule has 32 heavy (non-hydrogen) atoms. The molecule has 0 aromatic heterocycles. The Bertz CT molecular complexity index is 914. The molecule has 5 nitrogen and oxygen atoms in total. The lowest BCUT2D eigenvalue weighted by atomic mass is 10.0. The Morgan fingerprint density at radius 1 is 1.06 bits per heavy atom. The second-order valence-corrected chi connectivity index (χ2v) is 9.32. The lowest BCUT2D eigenvalue weighted by Gasteiger charge is -2.33. The number of rotatable bonds is 3. The van der Waals surface area contributed by atoms with E-state index in [1.54, 1.807) is 29.2 Å². The van der Waals surface area contributed by atoms with E-state index >= 15 is 0 Å². The Kier molecular flexibility index (Phi) is 8.57. The Balaban J connectivity index is 1.92. The first-order chi connectivity index (χ1) is 15.4. The highest BCUT2D eigenvalue weighted by Gasteiger charge is 2.27. The summed E-state index contributed by atoms with van der Waals surface area (Å²) in [6.07, 6.45) is 3.53. The molecule has 1 atom stereocenters. The number of hydrogen-bond donors (Lipinski definition) is 0. The second-order valence-electron chi connectivity index (χ2n) is 8.88. The van der Waals surface area contributed by atoms with Gasteiger partial charge in [-0.1, -0.05) is 37.6 Å². The summed E-state index contributed by atoms with van der Waals surface area (Å²) in [5.74, 6) is 0.917. The van der Waals surface area contributed by atoms with E-state index in [2.05, 4.69) is 13.8 Å². The molecule has 2 amide bonds. The zero-order valence-corrected chi connectivity index (χ0v) is 20.0. The number of para-hydroxylation sites is 1. The molecule has 3 rings (SSSR count). The van der Waals surface area contributed by atoms with Crippen LogP contribution in [0.4, 0.5) is 0 Å². The molecule has 2 aromatic carbocycles. The van der Waals surface area contributed by atoms with Crippen LogP contribution < -0.4 is 4.74 Å². The van der Waals surface area contributed by atoms with E-state index in [1.165, 1.54) is 0 Å². The lowest BCUT2D eigenvalue weighted by Crippen LogP contribution is -2.45. The van der Waals surface area contributed by atoms with Gasteiger partial charge in [0.15, 0.2) is 0 Å². The van der Waals surface area contributed by atoms with Gasteiger partial charge < -0.3 is 14.5 Å². The molecule has 0 bridgehead atoms. The third-order valence-corrected chi connectivity index (χ3v) is 6.08. The quantitative estimate of drug-likeness (QED) is 0.610. The van der Waals surface area contributed by atoms with Crippen molar-refractivity contribution in [1.29, 1.82) is 0 Å². The van der Waals surface area contributed by atoms with E-state index < -0.39 is 0 Å². The second kappa shape index (κ2) is 11.4. The molecule has 0 unspecified atom stereocenters. The van der Waals surface area contributed by atoms with Crippen molar-refractivity contribution in [2.45, 2.75) is 45.6 Å². The Hall–Kier alpha value is -2.53. The van der Waals surface area contributed by atoms with Gasteiger partial charge in [-0.25, -0.2) is 0 Å². The summed E-state index contributed by atoms with van der Waals surface area (Å²) in [5.41, 5.74) is 1.19. The number of nitrogens with zero attached hydrogens (tertiary/aromatic N) is 2. The minimum atomic E-state index is -0.0974. The van der Waals surface area contributed by atoms with Crippen LogP contribution in [0.5, 0.6) is 5.75 Å². The molecule has 0 spiro atoms. The fourth-order valence-corrected chi connectivity index (χ4v) is 4.23. The van der Waals surface area contributed by atoms with Crippen molar-refractivity contribution in [3.05, 3.63) is 64.7 Å². The molecule has 1 aliphatic heterocycles. The standard InChI is InChI=1S/C26H33ClN2O3/c1-19(2)17-22-18-32-24-10-6-5-9-23(24)26(31)28(3)15-7-4-8-16-29(22)25(30)20-11-13-21(27)14-12-20/h5-6,9-14,19,22H,4,7-8,15-18H2,1-3H3/t22-/m0/s1. The summed E-state index contributed by atoms with van der Waals surface area (Å²) in [7, 11) is 1.83. The van der Waals surface area contributed by atoms with E-state index in [-0.39, 0.29) is 17.9 Å². The van der Waals surface area contributed by atoms with Crippen LogP contribution in [0.1, 0.15) is 60.2 Å². The van der Waals surface area contributed by atoms with E-state index in [4.69, 9.17) is 16.3 Å². The first kappa shape index (κ1) is 24.1. The smallest absolute Gasteiger partial charge is 0.257 e. The first-order valence-corrected chi connectivity index (χ1v) is 11.8. The van der Waals surface area contributed by atoms with Crippen LogP contribution in [-0.4, -0.2) is 54.4 Å². The first-order valence-electron chi connectivity index (χ1n) is 11.4. The van der Waals surface area contributed by atoms with Crippen molar-refractivity contribution in [1.82, 2.24) is 9.80 Å². The predicted octanol–water partition coefficient (Wildman–Crippen LogP) is 5.53. The van der Waals surface area contributed by atoms with E-state index in [9.17, 15) is 9.59 Å². The molecule has 0 fully saturated rings. The summed E-state index contributed by atoms with van der Waals surface area (Å²) in [4.78, 5) is 30.2. The number of ether oxygens (including phenoxy) is 1. The molecule has 6 heteroatoms. The van der Waals surface area contributed by atoms with E-state index in [0.29, 0.717) is 47.5 Å². The van der Waals surface area contributed by atoms with Crippen LogP contribution in [-0.2, 0) is 0 Å². The van der Waals surface area contributed by atoms with Crippen molar-refractivity contribution in [3.8, 4) is 5.75 Å². The highest BCUT2D eigenvalue weighted by Crippen LogP contribution is 2.24. The topological polar surface area (TPSA) is 49.9 Å². The molecule has 1 aliphatic rings. The Morgan fingerprint density at radius 2 is 1.75 bits per heavy atom. The van der Waals surface area contributed by atoms with Crippen LogP contribution in [0.2, 0.25) is 5.02 Å². The summed E-state index contributed by atoms with van der Waals surface area (Å²) in [5, 5.41) is 0.610. The van der Waals surface area contributed by atoms with Crippen molar-refractivity contribution < 1.29 is 14.3 Å². The van der Waals surface area contributed by atoms with E-state index in [1.807, 2.05) is 36.2 Å². The van der Waals surface area contributed by atoms with Crippen LogP contribution in [0.25, 0.3) is 0 Å². The largest absolute Gasteiger partial charge is 0.491 e. The molecule has 0 saturated heterocycles. The van der Waals surface area contributed by atoms with Crippen molar-refractivity contribution >= 4 is 23.4 Å². The summed E-state index contributed by atoms with van der Waals surface area (Å²) in [6.45, 7) is 5.97. The van der Waals surface area contributed by atoms with Gasteiger partial charge in [-0.05, 0) is 68.0 Å². The molecule has 1 heterocycles. The van der Waals surface area contributed by atoms with Crippen LogP contribution in [0.15, 0.2) is 48.5 Å². The molecule has 0 radical (unpaired) electrons. The van der Waals surface area contributed by atoms with Gasteiger partial charge in [0.05, 0.1) is 11.6 Å². The van der Waals surface area contributed by atoms with Crippen LogP contribution in [0, 0.1) is 5.92 Å². The molecule has 0 aliphatic carbocycles. The molecule has 0 N–H and O–H groups in total. The van der Waals surface area contributed by atoms with Crippen molar-refractivity contribution in [3.63, 3.8) is 0 Å². The van der Waals surface area contributed by atoms with Gasteiger partial charge in [0.1, 0.15) is 12.4 Å². The maximum atomic E-state index is 13.5. The fraction of sp³-hybridized carbons (Fsp3) is 0.462. The van der Waals surface area contributed by atoms with Gasteiger partial charge in [0.2, 0.25) is 0 Å². The Morgan fingerprint density at radius 3 is 2.47 bits per heavy atom. The minimum absolute atomic E-state index is 0.00716. The maximum absolute atomic E-state index is 13.5. The lowest BCUT2D eigenvalue weighted by molar-refractivity contribution is 0.0573. The van der Waals surface area contributed by atoms with Gasteiger partial charge >= 0.3 is 0 Å². The average Bonchev–Trinajstić information content (AvgIpc) is 2.79. The molecule has 2 aromatic rings. The molecular weight excluding hydrogens is 424 g/mol. The Labute approximate surface area is 196 Å². The monoisotopic (exact) mass is 456 g/mol. The summed E-state index contributed by atoms with van der Waals surface area (Å²) >= 11 is 6.03. The number of benzene rings is 2. The molecule has 172 valence electrons. The van der Waals surface area contributed by atoms with Gasteiger partial charge in [0.25, 0.3) is 11.8 Å². The number of carbonyl (C=O) groups excluding carboxylic acids is 2. The third kappa shape index (κ3) is 6.26. The number of amides is 2. The van der Waals surface area contributed by atoms with Gasteiger partial charge in [-0.3, -0.25) is 9.59 Å². The normalized spacial score (nSPS) is 18.3. The van der Waals surface area contributed by atoms with Gasteiger partial charge in [-0.15, -0.1) is 0 Å². The fourth-order valence-electron chi connectivity index (χ4n) is 4.11. The molecular formula is C26H33ClN2O3. The van der Waals surface area contributed by atoms with E-state index in [0.717, 1.165) is 25.7 Å². The summed E-state index contributed by atoms with van der Waals surface area (Å²) < 4.78 is 6.21. The highest BCUT2D eigenvalue weighted by molar-refractivity contribution is 6.30. The number of fused-ring (bicyclic) bond motifs is 1. The number of carbonyl (C=O) groups is 2. The predicted molar refractivity (Wildman–Crippen MR) is 128 cm³/mol.